The van der Waals surface area contributed by atoms with E-state index in [1.807, 2.05) is 84.3 Å². The molecule has 0 radical (unpaired) electrons. The first-order valence-corrected chi connectivity index (χ1v) is 10.9. The van der Waals surface area contributed by atoms with Crippen molar-refractivity contribution in [1.29, 1.82) is 0 Å². The smallest absolute Gasteiger partial charge is 0.230 e. The van der Waals surface area contributed by atoms with Crippen molar-refractivity contribution in [2.24, 2.45) is 0 Å². The Kier molecular flexibility index (Phi) is 4.47. The molecule has 0 fully saturated rings. The average molecular weight is 431 g/mol. The molecule has 6 aromatic rings. The normalized spacial score (nSPS) is 11.4. The highest BCUT2D eigenvalue weighted by Gasteiger charge is 2.19. The lowest BCUT2D eigenvalue weighted by atomic mass is 10.0. The van der Waals surface area contributed by atoms with Crippen LogP contribution >= 0.6 is 0 Å². The Hall–Kier alpha value is -4.38. The molecule has 160 valence electrons. The predicted octanol–water partition coefficient (Wildman–Crippen LogP) is 6.39. The number of aromatic nitrogens is 2. The van der Waals surface area contributed by atoms with E-state index >= 15 is 0 Å². The quantitative estimate of drug-likeness (QED) is 0.352. The third kappa shape index (κ3) is 3.34. The van der Waals surface area contributed by atoms with E-state index in [0.717, 1.165) is 49.8 Å². The van der Waals surface area contributed by atoms with Crippen LogP contribution in [-0.2, 0) is 11.2 Å². The molecule has 0 saturated carbocycles. The highest BCUT2D eigenvalue weighted by Crippen LogP contribution is 2.32. The summed E-state index contributed by atoms with van der Waals surface area (Å²) in [6, 6.07) is 26.0. The maximum atomic E-state index is 13.3. The molecule has 6 rings (SSSR count). The summed E-state index contributed by atoms with van der Waals surface area (Å²) in [5, 5.41) is 6.32. The third-order valence-corrected chi connectivity index (χ3v) is 5.96. The van der Waals surface area contributed by atoms with Gasteiger partial charge >= 0.3 is 0 Å². The molecule has 3 heterocycles. The number of anilines is 1. The summed E-state index contributed by atoms with van der Waals surface area (Å²) < 4.78 is 7.72. The number of nitrogens with one attached hydrogen (secondary N) is 1. The first-order valence-electron chi connectivity index (χ1n) is 10.9. The summed E-state index contributed by atoms with van der Waals surface area (Å²) in [4.78, 5) is 18.1. The van der Waals surface area contributed by atoms with Gasteiger partial charge in [0.25, 0.3) is 0 Å². The summed E-state index contributed by atoms with van der Waals surface area (Å²) in [7, 11) is 0. The zero-order chi connectivity index (χ0) is 22.4. The number of carbonyl (C=O) groups excluding carboxylic acids is 1. The van der Waals surface area contributed by atoms with E-state index in [4.69, 9.17) is 9.40 Å². The van der Waals surface area contributed by atoms with Gasteiger partial charge in [-0.05, 0) is 35.4 Å². The fourth-order valence-electron chi connectivity index (χ4n) is 4.42. The van der Waals surface area contributed by atoms with Gasteiger partial charge in [-0.15, -0.1) is 0 Å². The van der Waals surface area contributed by atoms with Crippen LogP contribution in [0.25, 0.3) is 38.6 Å². The van der Waals surface area contributed by atoms with Crippen molar-refractivity contribution in [1.82, 2.24) is 9.38 Å². The number of imidazole rings is 1. The van der Waals surface area contributed by atoms with Gasteiger partial charge in [0.15, 0.2) is 0 Å². The summed E-state index contributed by atoms with van der Waals surface area (Å²) in [6.07, 6.45) is 3.88. The summed E-state index contributed by atoms with van der Waals surface area (Å²) in [5.74, 6) is 0.550. The van der Waals surface area contributed by atoms with Crippen molar-refractivity contribution in [2.45, 2.75) is 13.3 Å². The number of benzene rings is 3. The lowest BCUT2D eigenvalue weighted by Crippen LogP contribution is -2.16. The molecule has 1 N–H and O–H groups in total. The van der Waals surface area contributed by atoms with Gasteiger partial charge in [0.1, 0.15) is 22.7 Å². The van der Waals surface area contributed by atoms with Crippen LogP contribution in [0.3, 0.4) is 0 Å². The van der Waals surface area contributed by atoms with Crippen LogP contribution in [0.2, 0.25) is 0 Å². The van der Waals surface area contributed by atoms with Crippen molar-refractivity contribution in [3.05, 3.63) is 102 Å². The number of furan rings is 1. The lowest BCUT2D eigenvalue weighted by molar-refractivity contribution is -0.115. The van der Waals surface area contributed by atoms with Gasteiger partial charge in [0, 0.05) is 22.7 Å². The monoisotopic (exact) mass is 431 g/mol. The molecular formula is C28H21N3O2. The van der Waals surface area contributed by atoms with Crippen LogP contribution < -0.4 is 5.32 Å². The van der Waals surface area contributed by atoms with E-state index < -0.39 is 0 Å². The zero-order valence-electron chi connectivity index (χ0n) is 18.1. The molecule has 33 heavy (non-hydrogen) atoms. The number of rotatable bonds is 4. The molecule has 0 atom stereocenters. The molecule has 1 amide bonds. The molecule has 5 nitrogen and oxygen atoms in total. The van der Waals surface area contributed by atoms with Gasteiger partial charge in [0.2, 0.25) is 5.91 Å². The lowest BCUT2D eigenvalue weighted by Gasteiger charge is -2.08. The van der Waals surface area contributed by atoms with Gasteiger partial charge in [-0.2, -0.15) is 0 Å². The molecule has 0 aliphatic rings. The molecule has 0 spiro atoms. The molecule has 0 unspecified atom stereocenters. The summed E-state index contributed by atoms with van der Waals surface area (Å²) in [5.41, 5.74) is 5.22. The topological polar surface area (TPSA) is 59.5 Å². The highest BCUT2D eigenvalue weighted by molar-refractivity contribution is 6.09. The van der Waals surface area contributed by atoms with E-state index in [1.54, 1.807) is 6.26 Å². The molecular weight excluding hydrogens is 410 g/mol. The van der Waals surface area contributed by atoms with Gasteiger partial charge in [-0.1, -0.05) is 66.7 Å². The number of nitrogens with zero attached hydrogens (tertiary/aromatic N) is 2. The number of fused-ring (bicyclic) bond motifs is 4. The van der Waals surface area contributed by atoms with Gasteiger partial charge in [-0.25, -0.2) is 4.98 Å². The number of hydrogen-bond acceptors (Lipinski definition) is 3. The summed E-state index contributed by atoms with van der Waals surface area (Å²) >= 11 is 0. The fourth-order valence-corrected chi connectivity index (χ4v) is 4.42. The minimum Gasteiger partial charge on any atom is -0.464 e. The van der Waals surface area contributed by atoms with Gasteiger partial charge < -0.3 is 9.73 Å². The maximum Gasteiger partial charge on any atom is 0.230 e. The first-order chi connectivity index (χ1) is 16.2. The van der Waals surface area contributed by atoms with Crippen molar-refractivity contribution >= 4 is 39.1 Å². The van der Waals surface area contributed by atoms with E-state index in [-0.39, 0.29) is 12.3 Å². The van der Waals surface area contributed by atoms with Crippen LogP contribution in [0.1, 0.15) is 11.1 Å². The Morgan fingerprint density at radius 2 is 1.79 bits per heavy atom. The standard InChI is InChI=1S/C28H21N3O2/c1-18-11-14-24-29-27(20-8-3-2-4-9-20)28(31(24)16-18)30-25(32)15-21-17-33-23-13-12-19-7-5-6-10-22(19)26(21)23/h2-14,16-17H,15H2,1H3,(H,30,32). The largest absolute Gasteiger partial charge is 0.464 e. The van der Waals surface area contributed by atoms with Crippen molar-refractivity contribution in [3.8, 4) is 11.3 Å². The van der Waals surface area contributed by atoms with E-state index in [9.17, 15) is 4.79 Å². The number of hydrogen-bond donors (Lipinski definition) is 1. The van der Waals surface area contributed by atoms with Crippen molar-refractivity contribution in [2.75, 3.05) is 5.32 Å². The van der Waals surface area contributed by atoms with Gasteiger partial charge in [0.05, 0.1) is 12.7 Å². The van der Waals surface area contributed by atoms with Crippen molar-refractivity contribution < 1.29 is 9.21 Å². The van der Waals surface area contributed by atoms with Crippen LogP contribution in [0.15, 0.2) is 95.7 Å². The first kappa shape index (κ1) is 19.3. The second-order valence-electron chi connectivity index (χ2n) is 8.26. The minimum atomic E-state index is -0.119. The Bertz CT molecular complexity index is 1640. The molecule has 0 aliphatic heterocycles. The average Bonchev–Trinajstić information content (AvgIpc) is 3.41. The Labute approximate surface area is 190 Å². The molecule has 0 saturated heterocycles. The third-order valence-electron chi connectivity index (χ3n) is 5.96. The minimum absolute atomic E-state index is 0.119. The Balaban J connectivity index is 1.41. The molecule has 0 bridgehead atoms. The van der Waals surface area contributed by atoms with E-state index in [2.05, 4.69) is 17.4 Å². The molecule has 5 heteroatoms. The number of carbonyl (C=O) groups is 1. The Morgan fingerprint density at radius 3 is 2.67 bits per heavy atom. The van der Waals surface area contributed by atoms with E-state index in [1.165, 1.54) is 0 Å². The number of amides is 1. The molecule has 3 aromatic carbocycles. The van der Waals surface area contributed by atoms with Crippen LogP contribution in [0.4, 0.5) is 5.82 Å². The molecule has 3 aromatic heterocycles. The summed E-state index contributed by atoms with van der Waals surface area (Å²) in [6.45, 7) is 2.02. The van der Waals surface area contributed by atoms with Crippen molar-refractivity contribution in [3.63, 3.8) is 0 Å². The van der Waals surface area contributed by atoms with Crippen LogP contribution in [0.5, 0.6) is 0 Å². The Morgan fingerprint density at radius 1 is 0.970 bits per heavy atom. The second kappa shape index (κ2) is 7.64. The highest BCUT2D eigenvalue weighted by atomic mass is 16.3. The van der Waals surface area contributed by atoms with Crippen LogP contribution in [-0.4, -0.2) is 15.3 Å². The van der Waals surface area contributed by atoms with Gasteiger partial charge in [-0.3, -0.25) is 9.20 Å². The fraction of sp³-hybridized carbons (Fsp3) is 0.0714. The van der Waals surface area contributed by atoms with E-state index in [0.29, 0.717) is 5.82 Å². The van der Waals surface area contributed by atoms with Crippen LogP contribution in [0, 0.1) is 6.92 Å². The number of aryl methyl sites for hydroxylation is 1. The number of pyridine rings is 1. The molecule has 0 aliphatic carbocycles. The maximum absolute atomic E-state index is 13.3. The second-order valence-corrected chi connectivity index (χ2v) is 8.26. The zero-order valence-corrected chi connectivity index (χ0v) is 18.1. The predicted molar refractivity (Wildman–Crippen MR) is 131 cm³/mol. The SMILES string of the molecule is Cc1ccc2nc(-c3ccccc3)c(NC(=O)Cc3coc4ccc5ccccc5c34)n2c1.